The van der Waals surface area contributed by atoms with Crippen LogP contribution in [-0.2, 0) is 0 Å². The Labute approximate surface area is 135 Å². The molecule has 0 radical (unpaired) electrons. The third-order valence-electron chi connectivity index (χ3n) is 4.10. The van der Waals surface area contributed by atoms with Crippen LogP contribution in [0.1, 0.15) is 34.7 Å². The molecular weight excluding hydrogens is 288 g/mol. The standard InChI is InChI=1S/C18H20N4O/c19-18(23)16-5-1-2-6-17(16)22-21-15-9-7-13(8-10-15)14-4-3-11-20-12-14/h1-2,5-10,14,20H,3-4,11-12H2,(H2,19,23)/t14-/m1/s1. The highest BCUT2D eigenvalue weighted by Gasteiger charge is 2.14. The first-order chi connectivity index (χ1) is 11.2. The lowest BCUT2D eigenvalue weighted by Crippen LogP contribution is -2.28. The number of nitrogens with two attached hydrogens (primary N) is 1. The summed E-state index contributed by atoms with van der Waals surface area (Å²) in [6.07, 6.45) is 2.44. The predicted molar refractivity (Wildman–Crippen MR) is 90.4 cm³/mol. The molecule has 23 heavy (non-hydrogen) atoms. The Hall–Kier alpha value is -2.53. The average Bonchev–Trinajstić information content (AvgIpc) is 2.61. The van der Waals surface area contributed by atoms with Crippen molar-refractivity contribution < 1.29 is 4.79 Å². The second-order valence-corrected chi connectivity index (χ2v) is 5.72. The van der Waals surface area contributed by atoms with E-state index in [1.54, 1.807) is 24.3 Å². The van der Waals surface area contributed by atoms with Crippen molar-refractivity contribution in [3.63, 3.8) is 0 Å². The molecule has 5 nitrogen and oxygen atoms in total. The van der Waals surface area contributed by atoms with Crippen LogP contribution in [0.15, 0.2) is 58.8 Å². The Morgan fingerprint density at radius 3 is 2.57 bits per heavy atom. The highest BCUT2D eigenvalue weighted by atomic mass is 16.1. The maximum Gasteiger partial charge on any atom is 0.250 e. The maximum atomic E-state index is 11.4. The number of hydrogen-bond acceptors (Lipinski definition) is 4. The van der Waals surface area contributed by atoms with Crippen LogP contribution in [0.2, 0.25) is 0 Å². The number of hydrogen-bond donors (Lipinski definition) is 2. The highest BCUT2D eigenvalue weighted by Crippen LogP contribution is 2.26. The predicted octanol–water partition coefficient (Wildman–Crippen LogP) is 3.67. The van der Waals surface area contributed by atoms with E-state index in [0.717, 1.165) is 18.8 Å². The van der Waals surface area contributed by atoms with Gasteiger partial charge >= 0.3 is 0 Å². The Morgan fingerprint density at radius 1 is 1.09 bits per heavy atom. The molecule has 3 N–H and O–H groups in total. The highest BCUT2D eigenvalue weighted by molar-refractivity contribution is 5.97. The molecule has 0 spiro atoms. The molecule has 0 unspecified atom stereocenters. The molecule has 1 fully saturated rings. The largest absolute Gasteiger partial charge is 0.366 e. The van der Waals surface area contributed by atoms with Crippen molar-refractivity contribution >= 4 is 17.3 Å². The number of amides is 1. The normalized spacial score (nSPS) is 18.2. The summed E-state index contributed by atoms with van der Waals surface area (Å²) in [5, 5.41) is 11.8. The van der Waals surface area contributed by atoms with Gasteiger partial charge in [-0.3, -0.25) is 4.79 Å². The maximum absolute atomic E-state index is 11.4. The van der Waals surface area contributed by atoms with E-state index in [1.807, 2.05) is 12.1 Å². The fraction of sp³-hybridized carbons (Fsp3) is 0.278. The van der Waals surface area contributed by atoms with E-state index in [9.17, 15) is 4.79 Å². The number of nitrogens with one attached hydrogen (secondary N) is 1. The van der Waals surface area contributed by atoms with Gasteiger partial charge in [0.25, 0.3) is 5.91 Å². The first-order valence-corrected chi connectivity index (χ1v) is 7.85. The summed E-state index contributed by atoms with van der Waals surface area (Å²) in [6, 6.07) is 15.1. The second-order valence-electron chi connectivity index (χ2n) is 5.72. The van der Waals surface area contributed by atoms with E-state index in [1.165, 1.54) is 18.4 Å². The van der Waals surface area contributed by atoms with E-state index in [-0.39, 0.29) is 0 Å². The number of rotatable bonds is 4. The molecule has 2 aromatic rings. The number of nitrogens with zero attached hydrogens (tertiary/aromatic N) is 2. The van der Waals surface area contributed by atoms with Crippen LogP contribution in [0.3, 0.4) is 0 Å². The summed E-state index contributed by atoms with van der Waals surface area (Å²) in [7, 11) is 0. The molecule has 118 valence electrons. The van der Waals surface area contributed by atoms with Crippen molar-refractivity contribution in [2.75, 3.05) is 13.1 Å². The van der Waals surface area contributed by atoms with E-state index < -0.39 is 5.91 Å². The van der Waals surface area contributed by atoms with Gasteiger partial charge in [-0.15, -0.1) is 5.11 Å². The number of carbonyl (C=O) groups excluding carboxylic acids is 1. The quantitative estimate of drug-likeness (QED) is 0.845. The summed E-state index contributed by atoms with van der Waals surface area (Å²) in [5.74, 6) is 0.0741. The second kappa shape index (κ2) is 7.15. The lowest BCUT2D eigenvalue weighted by Gasteiger charge is -2.23. The van der Waals surface area contributed by atoms with E-state index in [0.29, 0.717) is 17.2 Å². The van der Waals surface area contributed by atoms with E-state index in [2.05, 4.69) is 27.7 Å². The van der Waals surface area contributed by atoms with Gasteiger partial charge in [0.1, 0.15) is 0 Å². The molecule has 1 aliphatic rings. The minimum Gasteiger partial charge on any atom is -0.366 e. The molecule has 2 aromatic carbocycles. The summed E-state index contributed by atoms with van der Waals surface area (Å²) >= 11 is 0. The Bertz CT molecular complexity index is 703. The van der Waals surface area contributed by atoms with Gasteiger partial charge in [-0.2, -0.15) is 5.11 Å². The average molecular weight is 308 g/mol. The Morgan fingerprint density at radius 2 is 1.87 bits per heavy atom. The molecule has 1 aliphatic heterocycles. The summed E-state index contributed by atoms with van der Waals surface area (Å²) in [4.78, 5) is 11.4. The van der Waals surface area contributed by atoms with Gasteiger partial charge in [0, 0.05) is 6.54 Å². The van der Waals surface area contributed by atoms with Crippen molar-refractivity contribution in [3.05, 3.63) is 59.7 Å². The lowest BCUT2D eigenvalue weighted by atomic mass is 9.92. The van der Waals surface area contributed by atoms with E-state index >= 15 is 0 Å². The van der Waals surface area contributed by atoms with Gasteiger partial charge in [-0.1, -0.05) is 24.3 Å². The van der Waals surface area contributed by atoms with Crippen LogP contribution in [0.5, 0.6) is 0 Å². The van der Waals surface area contributed by atoms with Crippen molar-refractivity contribution in [1.82, 2.24) is 5.32 Å². The van der Waals surface area contributed by atoms with Gasteiger partial charge in [0.2, 0.25) is 0 Å². The zero-order valence-corrected chi connectivity index (χ0v) is 12.9. The molecule has 0 saturated carbocycles. The molecule has 1 saturated heterocycles. The minimum atomic E-state index is -0.500. The molecule has 0 aromatic heterocycles. The van der Waals surface area contributed by atoms with Crippen LogP contribution in [0.4, 0.5) is 11.4 Å². The molecule has 1 heterocycles. The lowest BCUT2D eigenvalue weighted by molar-refractivity contribution is 0.100. The van der Waals surface area contributed by atoms with Gasteiger partial charge < -0.3 is 11.1 Å². The fourth-order valence-corrected chi connectivity index (χ4v) is 2.83. The number of piperidine rings is 1. The minimum absolute atomic E-state index is 0.376. The third-order valence-corrected chi connectivity index (χ3v) is 4.10. The van der Waals surface area contributed by atoms with Crippen molar-refractivity contribution in [2.45, 2.75) is 18.8 Å². The summed E-state index contributed by atoms with van der Waals surface area (Å²) in [6.45, 7) is 2.15. The monoisotopic (exact) mass is 308 g/mol. The van der Waals surface area contributed by atoms with Gasteiger partial charge in [-0.05, 0) is 55.1 Å². The molecular formula is C18H20N4O. The van der Waals surface area contributed by atoms with Crippen molar-refractivity contribution in [1.29, 1.82) is 0 Å². The zero-order chi connectivity index (χ0) is 16.1. The number of azo groups is 1. The zero-order valence-electron chi connectivity index (χ0n) is 12.9. The molecule has 0 bridgehead atoms. The topological polar surface area (TPSA) is 79.8 Å². The number of benzene rings is 2. The Kier molecular flexibility index (Phi) is 4.78. The molecule has 0 aliphatic carbocycles. The molecule has 1 atom stereocenters. The Balaban J connectivity index is 1.74. The van der Waals surface area contributed by atoms with Crippen molar-refractivity contribution in [2.24, 2.45) is 16.0 Å². The molecule has 3 rings (SSSR count). The van der Waals surface area contributed by atoms with Crippen LogP contribution in [0.25, 0.3) is 0 Å². The van der Waals surface area contributed by atoms with Gasteiger partial charge in [0.05, 0.1) is 16.9 Å². The SMILES string of the molecule is NC(=O)c1ccccc1N=Nc1ccc([C@@H]2CCCNC2)cc1. The molecule has 5 heteroatoms. The van der Waals surface area contributed by atoms with Crippen LogP contribution in [0, 0.1) is 0 Å². The fourth-order valence-electron chi connectivity index (χ4n) is 2.83. The van der Waals surface area contributed by atoms with Crippen molar-refractivity contribution in [3.8, 4) is 0 Å². The van der Waals surface area contributed by atoms with Crippen LogP contribution in [-0.4, -0.2) is 19.0 Å². The van der Waals surface area contributed by atoms with Crippen LogP contribution < -0.4 is 11.1 Å². The van der Waals surface area contributed by atoms with Gasteiger partial charge in [0.15, 0.2) is 0 Å². The summed E-state index contributed by atoms with van der Waals surface area (Å²) in [5.41, 5.74) is 8.29. The third kappa shape index (κ3) is 3.81. The van der Waals surface area contributed by atoms with E-state index in [4.69, 9.17) is 5.73 Å². The first kappa shape index (κ1) is 15.4. The smallest absolute Gasteiger partial charge is 0.250 e. The van der Waals surface area contributed by atoms with Crippen LogP contribution >= 0.6 is 0 Å². The molecule has 1 amide bonds. The van der Waals surface area contributed by atoms with Gasteiger partial charge in [-0.25, -0.2) is 0 Å². The summed E-state index contributed by atoms with van der Waals surface area (Å²) < 4.78 is 0. The number of primary amides is 1. The number of carbonyl (C=O) groups is 1. The first-order valence-electron chi connectivity index (χ1n) is 7.85.